The molecule has 18 heavy (non-hydrogen) atoms. The Hall–Kier alpha value is -1.68. The van der Waals surface area contributed by atoms with Crippen molar-refractivity contribution in [2.24, 2.45) is 7.05 Å². The molecular weight excluding hydrogens is 255 g/mol. The van der Waals surface area contributed by atoms with Crippen molar-refractivity contribution in [1.29, 1.82) is 0 Å². The van der Waals surface area contributed by atoms with Gasteiger partial charge in [-0.25, -0.2) is 4.39 Å². The van der Waals surface area contributed by atoms with Crippen molar-refractivity contribution >= 4 is 17.4 Å². The lowest BCUT2D eigenvalue weighted by atomic mass is 10.0. The number of carbonyl (C=O) groups is 1. The number of hydrogen-bond donors (Lipinski definition) is 0. The molecule has 5 heteroatoms. The monoisotopic (exact) mass is 266 g/mol. The van der Waals surface area contributed by atoms with Crippen LogP contribution in [0.3, 0.4) is 0 Å². The van der Waals surface area contributed by atoms with E-state index in [2.05, 4.69) is 5.10 Å². The molecule has 1 heterocycles. The van der Waals surface area contributed by atoms with E-state index in [1.165, 1.54) is 12.1 Å². The molecule has 2 aromatic rings. The zero-order chi connectivity index (χ0) is 13.1. The van der Waals surface area contributed by atoms with Gasteiger partial charge < -0.3 is 0 Å². The third kappa shape index (κ3) is 2.96. The van der Waals surface area contributed by atoms with Gasteiger partial charge >= 0.3 is 0 Å². The SMILES string of the molecule is Cn1cc(CC(=O)Cc2c(F)cccc2Cl)cn1. The summed E-state index contributed by atoms with van der Waals surface area (Å²) in [5, 5.41) is 4.26. The van der Waals surface area contributed by atoms with Crippen molar-refractivity contribution in [2.75, 3.05) is 0 Å². The molecular formula is C13H12ClFN2O. The number of ketones is 1. The van der Waals surface area contributed by atoms with Crippen molar-refractivity contribution < 1.29 is 9.18 Å². The largest absolute Gasteiger partial charge is 0.299 e. The van der Waals surface area contributed by atoms with E-state index in [9.17, 15) is 9.18 Å². The van der Waals surface area contributed by atoms with E-state index in [-0.39, 0.29) is 29.2 Å². The molecule has 0 atom stereocenters. The van der Waals surface area contributed by atoms with Crippen molar-refractivity contribution in [1.82, 2.24) is 9.78 Å². The summed E-state index contributed by atoms with van der Waals surface area (Å²) in [6, 6.07) is 4.41. The Morgan fingerprint density at radius 3 is 2.83 bits per heavy atom. The lowest BCUT2D eigenvalue weighted by molar-refractivity contribution is -0.117. The summed E-state index contributed by atoms with van der Waals surface area (Å²) in [6.07, 6.45) is 3.63. The second kappa shape index (κ2) is 5.31. The van der Waals surface area contributed by atoms with Gasteiger partial charge in [0.2, 0.25) is 0 Å². The van der Waals surface area contributed by atoms with E-state index in [0.717, 1.165) is 5.56 Å². The Labute approximate surface area is 109 Å². The number of Topliss-reactive ketones (excluding diaryl/α,β-unsaturated/α-hetero) is 1. The van der Waals surface area contributed by atoms with Crippen molar-refractivity contribution in [2.45, 2.75) is 12.8 Å². The van der Waals surface area contributed by atoms with Crippen molar-refractivity contribution in [3.05, 3.63) is 52.6 Å². The van der Waals surface area contributed by atoms with E-state index >= 15 is 0 Å². The Morgan fingerprint density at radius 2 is 2.22 bits per heavy atom. The molecule has 0 saturated heterocycles. The van der Waals surface area contributed by atoms with Crippen molar-refractivity contribution in [3.8, 4) is 0 Å². The zero-order valence-electron chi connectivity index (χ0n) is 9.86. The first kappa shape index (κ1) is 12.8. The highest BCUT2D eigenvalue weighted by Gasteiger charge is 2.12. The number of aryl methyl sites for hydroxylation is 1. The molecule has 0 aliphatic carbocycles. The van der Waals surface area contributed by atoms with Crippen LogP contribution in [0, 0.1) is 5.82 Å². The molecule has 0 unspecified atom stereocenters. The van der Waals surface area contributed by atoms with Crippen LogP contribution < -0.4 is 0 Å². The molecule has 0 amide bonds. The van der Waals surface area contributed by atoms with Gasteiger partial charge in [-0.05, 0) is 17.7 Å². The van der Waals surface area contributed by atoms with E-state index in [1.54, 1.807) is 30.2 Å². The van der Waals surface area contributed by atoms with Gasteiger partial charge in [0.25, 0.3) is 0 Å². The Morgan fingerprint density at radius 1 is 1.44 bits per heavy atom. The molecule has 3 nitrogen and oxygen atoms in total. The first-order valence-corrected chi connectivity index (χ1v) is 5.86. The van der Waals surface area contributed by atoms with Crippen LogP contribution in [-0.4, -0.2) is 15.6 Å². The molecule has 0 N–H and O–H groups in total. The minimum absolute atomic E-state index is 0.000398. The van der Waals surface area contributed by atoms with Crippen LogP contribution in [0.25, 0.3) is 0 Å². The van der Waals surface area contributed by atoms with Gasteiger partial charge in [0.1, 0.15) is 11.6 Å². The number of benzene rings is 1. The molecule has 0 radical (unpaired) electrons. The van der Waals surface area contributed by atoms with E-state index in [1.807, 2.05) is 0 Å². The summed E-state index contributed by atoms with van der Waals surface area (Å²) in [7, 11) is 1.78. The second-order valence-electron chi connectivity index (χ2n) is 4.11. The highest BCUT2D eigenvalue weighted by atomic mass is 35.5. The average molecular weight is 267 g/mol. The summed E-state index contributed by atoms with van der Waals surface area (Å²) in [5.41, 5.74) is 1.07. The smallest absolute Gasteiger partial charge is 0.141 e. The topological polar surface area (TPSA) is 34.9 Å². The predicted molar refractivity (Wildman–Crippen MR) is 67.0 cm³/mol. The molecule has 2 rings (SSSR count). The van der Waals surface area contributed by atoms with Gasteiger partial charge in [0, 0.05) is 36.7 Å². The Bertz CT molecular complexity index is 560. The number of nitrogens with zero attached hydrogens (tertiary/aromatic N) is 2. The van der Waals surface area contributed by atoms with Gasteiger partial charge in [0.05, 0.1) is 6.20 Å². The summed E-state index contributed by atoms with van der Waals surface area (Å²) < 4.78 is 15.1. The minimum Gasteiger partial charge on any atom is -0.299 e. The van der Waals surface area contributed by atoms with E-state index < -0.39 is 5.82 Å². The minimum atomic E-state index is -0.443. The Balaban J connectivity index is 2.08. The predicted octanol–water partition coefficient (Wildman–Crippen LogP) is 2.57. The summed E-state index contributed by atoms with van der Waals surface area (Å²) >= 11 is 5.87. The number of halogens is 2. The quantitative estimate of drug-likeness (QED) is 0.852. The highest BCUT2D eigenvalue weighted by Crippen LogP contribution is 2.20. The first-order chi connectivity index (χ1) is 8.56. The summed E-state index contributed by atoms with van der Waals surface area (Å²) in [6.45, 7) is 0. The van der Waals surface area contributed by atoms with Gasteiger partial charge in [-0.2, -0.15) is 5.10 Å². The maximum Gasteiger partial charge on any atom is 0.141 e. The number of carbonyl (C=O) groups excluding carboxylic acids is 1. The van der Waals surface area contributed by atoms with E-state index in [4.69, 9.17) is 11.6 Å². The van der Waals surface area contributed by atoms with Crippen LogP contribution in [0.5, 0.6) is 0 Å². The lowest BCUT2D eigenvalue weighted by Gasteiger charge is -2.04. The number of hydrogen-bond acceptors (Lipinski definition) is 2. The molecule has 1 aromatic carbocycles. The van der Waals surface area contributed by atoms with Crippen LogP contribution in [0.1, 0.15) is 11.1 Å². The van der Waals surface area contributed by atoms with Gasteiger partial charge in [-0.15, -0.1) is 0 Å². The second-order valence-corrected chi connectivity index (χ2v) is 4.52. The van der Waals surface area contributed by atoms with Crippen molar-refractivity contribution in [3.63, 3.8) is 0 Å². The standard InChI is InChI=1S/C13H12ClFN2O/c1-17-8-9(7-16-17)5-10(18)6-11-12(14)3-2-4-13(11)15/h2-4,7-8H,5-6H2,1H3. The van der Waals surface area contributed by atoms with Crippen LogP contribution in [-0.2, 0) is 24.7 Å². The lowest BCUT2D eigenvalue weighted by Crippen LogP contribution is -2.08. The molecule has 94 valence electrons. The molecule has 0 spiro atoms. The zero-order valence-corrected chi connectivity index (χ0v) is 10.6. The van der Waals surface area contributed by atoms with Gasteiger partial charge in [0.15, 0.2) is 0 Å². The van der Waals surface area contributed by atoms with Crippen LogP contribution in [0.2, 0.25) is 5.02 Å². The number of aromatic nitrogens is 2. The van der Waals surface area contributed by atoms with E-state index in [0.29, 0.717) is 0 Å². The van der Waals surface area contributed by atoms with Crippen LogP contribution >= 0.6 is 11.6 Å². The normalized spacial score (nSPS) is 10.6. The third-order valence-corrected chi connectivity index (χ3v) is 2.95. The van der Waals surface area contributed by atoms with Crippen LogP contribution in [0.15, 0.2) is 30.6 Å². The third-order valence-electron chi connectivity index (χ3n) is 2.60. The van der Waals surface area contributed by atoms with Crippen LogP contribution in [0.4, 0.5) is 4.39 Å². The summed E-state index contributed by atoms with van der Waals surface area (Å²) in [4.78, 5) is 11.8. The molecule has 0 aliphatic heterocycles. The first-order valence-electron chi connectivity index (χ1n) is 5.48. The van der Waals surface area contributed by atoms with Gasteiger partial charge in [-0.3, -0.25) is 9.48 Å². The highest BCUT2D eigenvalue weighted by molar-refractivity contribution is 6.31. The number of rotatable bonds is 4. The average Bonchev–Trinajstić information content (AvgIpc) is 2.69. The Kier molecular flexibility index (Phi) is 3.77. The molecule has 1 aromatic heterocycles. The fourth-order valence-corrected chi connectivity index (χ4v) is 1.98. The molecule has 0 fully saturated rings. The fraction of sp³-hybridized carbons (Fsp3) is 0.231. The maximum atomic E-state index is 13.5. The molecule has 0 aliphatic rings. The summed E-state index contributed by atoms with van der Waals surface area (Å²) in [5.74, 6) is -0.531. The molecule has 0 saturated carbocycles. The maximum absolute atomic E-state index is 13.5. The fourth-order valence-electron chi connectivity index (χ4n) is 1.75. The molecule has 0 bridgehead atoms. The van der Waals surface area contributed by atoms with Gasteiger partial charge in [-0.1, -0.05) is 17.7 Å².